The number of nitrogens with one attached hydrogen (secondary N) is 2. The van der Waals surface area contributed by atoms with Crippen LogP contribution in [0.15, 0.2) is 12.2 Å². The first-order valence-corrected chi connectivity index (χ1v) is 16.4. The second-order valence-corrected chi connectivity index (χ2v) is 15.3. The Morgan fingerprint density at radius 1 is 1.09 bits per heavy atom. The molecule has 14 heteroatoms. The third kappa shape index (κ3) is 9.94. The average Bonchev–Trinajstić information content (AvgIpc) is 3.77. The van der Waals surface area contributed by atoms with Gasteiger partial charge in [0, 0.05) is 19.3 Å². The number of alkyl carbamates (subject to hydrolysis) is 1. The zero-order chi connectivity index (χ0) is 32.2. The molecule has 3 fully saturated rings. The van der Waals surface area contributed by atoms with E-state index in [0.29, 0.717) is 32.1 Å². The van der Waals surface area contributed by atoms with Crippen molar-refractivity contribution in [2.45, 2.75) is 121 Å². The summed E-state index contributed by atoms with van der Waals surface area (Å²) in [6.45, 7) is 8.00. The largest absolute Gasteiger partial charge is 0.461 e. The number of hydrogen-bond acceptors (Lipinski definition) is 9. The number of allylic oxidation sites excluding steroid dienone is 2. The van der Waals surface area contributed by atoms with Gasteiger partial charge in [-0.25, -0.2) is 13.2 Å². The summed E-state index contributed by atoms with van der Waals surface area (Å²) in [6, 6.07) is -1.93. The van der Waals surface area contributed by atoms with E-state index in [1.54, 1.807) is 27.7 Å². The molecule has 0 unspecified atom stereocenters. The number of primary amides is 1. The highest BCUT2D eigenvalue weighted by Crippen LogP contribution is 2.44. The third-order valence-electron chi connectivity index (χ3n) is 7.96. The monoisotopic (exact) mass is 626 g/mol. The molecule has 1 heterocycles. The SMILES string of the molecule is CC(=O)O[C@@H]1C[C@@H](C(N)=O)N(C(=O)[C@H](CCCCC/C=C\[C@@H]2C[C@@H]2C(=O)NS(=O)(=O)C2(C)CC2)NC(=O)OC(C)(C)C)C1. The fourth-order valence-electron chi connectivity index (χ4n) is 5.10. The molecule has 0 bridgehead atoms. The molecule has 3 rings (SSSR count). The van der Waals surface area contributed by atoms with Crippen molar-refractivity contribution in [3.63, 3.8) is 0 Å². The number of hydrogen-bond donors (Lipinski definition) is 3. The number of amides is 4. The molecule has 4 amide bonds. The lowest BCUT2D eigenvalue weighted by Gasteiger charge is -2.28. The van der Waals surface area contributed by atoms with Crippen LogP contribution in [-0.2, 0) is 38.7 Å². The molecule has 0 aromatic heterocycles. The van der Waals surface area contributed by atoms with Gasteiger partial charge in [-0.05, 0) is 72.1 Å². The van der Waals surface area contributed by atoms with E-state index in [-0.39, 0.29) is 24.8 Å². The third-order valence-corrected chi connectivity index (χ3v) is 10.1. The number of ether oxygens (including phenoxy) is 2. The van der Waals surface area contributed by atoms with E-state index >= 15 is 0 Å². The summed E-state index contributed by atoms with van der Waals surface area (Å²) in [7, 11) is -3.63. The number of nitrogens with two attached hydrogens (primary N) is 1. The lowest BCUT2D eigenvalue weighted by molar-refractivity contribution is -0.146. The van der Waals surface area contributed by atoms with E-state index < -0.39 is 68.3 Å². The molecule has 13 nitrogen and oxygen atoms in total. The molecule has 4 N–H and O–H groups in total. The summed E-state index contributed by atoms with van der Waals surface area (Å²) < 4.78 is 36.5. The second-order valence-electron chi connectivity index (χ2n) is 13.1. The predicted molar refractivity (Wildman–Crippen MR) is 157 cm³/mol. The van der Waals surface area contributed by atoms with Crippen LogP contribution in [0, 0.1) is 11.8 Å². The van der Waals surface area contributed by atoms with Gasteiger partial charge in [0.2, 0.25) is 27.7 Å². The molecular formula is C29H46N4O9S. The van der Waals surface area contributed by atoms with E-state index in [2.05, 4.69) is 10.0 Å². The Labute approximate surface area is 253 Å². The molecule has 0 aromatic rings. The number of unbranched alkanes of at least 4 members (excludes halogenated alkanes) is 3. The highest BCUT2D eigenvalue weighted by atomic mass is 32.2. The fourth-order valence-corrected chi connectivity index (χ4v) is 6.40. The van der Waals surface area contributed by atoms with Gasteiger partial charge in [0.25, 0.3) is 0 Å². The predicted octanol–water partition coefficient (Wildman–Crippen LogP) is 2.04. The van der Waals surface area contributed by atoms with Crippen LogP contribution in [0.25, 0.3) is 0 Å². The quantitative estimate of drug-likeness (QED) is 0.147. The maximum absolute atomic E-state index is 13.5. The van der Waals surface area contributed by atoms with Crippen molar-refractivity contribution in [3.8, 4) is 0 Å². The van der Waals surface area contributed by atoms with Gasteiger partial charge >= 0.3 is 12.1 Å². The lowest BCUT2D eigenvalue weighted by Crippen LogP contribution is -2.53. The van der Waals surface area contributed by atoms with Gasteiger partial charge in [-0.3, -0.25) is 23.9 Å². The van der Waals surface area contributed by atoms with Crippen molar-refractivity contribution in [2.75, 3.05) is 6.54 Å². The summed E-state index contributed by atoms with van der Waals surface area (Å²) >= 11 is 0. The number of rotatable bonds is 14. The van der Waals surface area contributed by atoms with E-state index in [9.17, 15) is 32.4 Å². The van der Waals surface area contributed by atoms with Crippen molar-refractivity contribution in [1.29, 1.82) is 0 Å². The Morgan fingerprint density at radius 3 is 2.35 bits per heavy atom. The van der Waals surface area contributed by atoms with Crippen LogP contribution < -0.4 is 15.8 Å². The molecule has 43 heavy (non-hydrogen) atoms. The normalized spacial score (nSPS) is 25.1. The second kappa shape index (κ2) is 13.6. The van der Waals surface area contributed by atoms with Crippen LogP contribution in [0.4, 0.5) is 4.79 Å². The maximum Gasteiger partial charge on any atom is 0.408 e. The summed E-state index contributed by atoms with van der Waals surface area (Å²) in [5, 5.41) is 2.63. The van der Waals surface area contributed by atoms with Gasteiger partial charge < -0.3 is 25.4 Å². The van der Waals surface area contributed by atoms with Crippen LogP contribution in [-0.4, -0.2) is 78.2 Å². The maximum atomic E-state index is 13.5. The van der Waals surface area contributed by atoms with Gasteiger partial charge in [-0.1, -0.05) is 25.0 Å². The topological polar surface area (TPSA) is 191 Å². The van der Waals surface area contributed by atoms with E-state index in [0.717, 1.165) is 19.3 Å². The van der Waals surface area contributed by atoms with Gasteiger partial charge in [-0.2, -0.15) is 0 Å². The molecule has 0 aromatic carbocycles. The van der Waals surface area contributed by atoms with Crippen LogP contribution in [0.5, 0.6) is 0 Å². The van der Waals surface area contributed by atoms with Gasteiger partial charge in [-0.15, -0.1) is 0 Å². The Kier molecular flexibility index (Phi) is 10.9. The molecule has 0 spiro atoms. The molecule has 242 valence electrons. The molecular weight excluding hydrogens is 580 g/mol. The molecule has 2 saturated carbocycles. The van der Waals surface area contributed by atoms with Crippen LogP contribution in [0.2, 0.25) is 0 Å². The number of sulfonamides is 1. The summed E-state index contributed by atoms with van der Waals surface area (Å²) in [5.74, 6) is -2.49. The molecule has 1 aliphatic heterocycles. The molecule has 2 aliphatic carbocycles. The Hall–Kier alpha value is -3.16. The molecule has 3 aliphatic rings. The number of carbonyl (C=O) groups excluding carboxylic acids is 5. The minimum atomic E-state index is -3.63. The zero-order valence-corrected chi connectivity index (χ0v) is 26.5. The van der Waals surface area contributed by atoms with Gasteiger partial charge in [0.05, 0.1) is 11.3 Å². The summed E-state index contributed by atoms with van der Waals surface area (Å²) in [5.41, 5.74) is 4.75. The molecule has 0 radical (unpaired) electrons. The first kappa shape index (κ1) is 34.3. The number of likely N-dealkylation sites (tertiary alicyclic amines) is 1. The van der Waals surface area contributed by atoms with Crippen LogP contribution in [0.1, 0.15) is 92.4 Å². The standard InChI is InChI=1S/C29H46N4O9S/c1-18(34)41-20-16-23(24(30)35)33(17-20)26(37)22(31-27(38)42-28(2,3)4)12-10-8-6-7-9-11-19-15-21(19)25(36)32-43(39,40)29(5)13-14-29/h9,11,19-23H,6-8,10,12-17H2,1-5H3,(H2,30,35)(H,31,38)(H,32,36)/b11-9-/t19-,20-,21+,22+,23+/m1/s1. The highest BCUT2D eigenvalue weighted by molar-refractivity contribution is 7.91. The first-order chi connectivity index (χ1) is 19.9. The summed E-state index contributed by atoms with van der Waals surface area (Å²) in [4.78, 5) is 63.1. The number of esters is 1. The average molecular weight is 627 g/mol. The Morgan fingerprint density at radius 2 is 1.77 bits per heavy atom. The van der Waals surface area contributed by atoms with Crippen molar-refractivity contribution in [2.24, 2.45) is 17.6 Å². The van der Waals surface area contributed by atoms with Crippen molar-refractivity contribution >= 4 is 39.8 Å². The van der Waals surface area contributed by atoms with Gasteiger partial charge in [0.1, 0.15) is 23.8 Å². The minimum absolute atomic E-state index is 0.00522. The number of nitrogens with zero attached hydrogens (tertiary/aromatic N) is 1. The van der Waals surface area contributed by atoms with Gasteiger partial charge in [0.15, 0.2) is 0 Å². The van der Waals surface area contributed by atoms with Crippen molar-refractivity contribution < 1.29 is 41.9 Å². The van der Waals surface area contributed by atoms with Crippen molar-refractivity contribution in [1.82, 2.24) is 14.9 Å². The Balaban J connectivity index is 1.48. The van der Waals surface area contributed by atoms with Crippen LogP contribution >= 0.6 is 0 Å². The van der Waals surface area contributed by atoms with Crippen LogP contribution in [0.3, 0.4) is 0 Å². The first-order valence-electron chi connectivity index (χ1n) is 14.9. The highest BCUT2D eigenvalue weighted by Gasteiger charge is 2.52. The zero-order valence-electron chi connectivity index (χ0n) is 25.7. The molecule has 1 saturated heterocycles. The fraction of sp³-hybridized carbons (Fsp3) is 0.759. The summed E-state index contributed by atoms with van der Waals surface area (Å²) in [6.07, 6.45) is 7.49. The molecule has 5 atom stereocenters. The number of carbonyl (C=O) groups is 5. The lowest BCUT2D eigenvalue weighted by atomic mass is 10.0. The van der Waals surface area contributed by atoms with E-state index in [4.69, 9.17) is 15.2 Å². The smallest absolute Gasteiger partial charge is 0.408 e. The van der Waals surface area contributed by atoms with Crippen molar-refractivity contribution in [3.05, 3.63) is 12.2 Å². The minimum Gasteiger partial charge on any atom is -0.461 e. The van der Waals surface area contributed by atoms with E-state index in [1.165, 1.54) is 11.8 Å². The van der Waals surface area contributed by atoms with E-state index in [1.807, 2.05) is 12.2 Å². The Bertz CT molecular complexity index is 1220.